The summed E-state index contributed by atoms with van der Waals surface area (Å²) in [6.07, 6.45) is 15.6. The van der Waals surface area contributed by atoms with E-state index in [0.717, 1.165) is 32.1 Å². The number of amides is 1. The molecule has 0 aromatic carbocycles. The van der Waals surface area contributed by atoms with Gasteiger partial charge in [0.1, 0.15) is 18.2 Å². The molecule has 0 spiro atoms. The Morgan fingerprint density at radius 3 is 2.59 bits per heavy atom. The molecule has 0 saturated heterocycles. The van der Waals surface area contributed by atoms with Crippen molar-refractivity contribution in [3.63, 3.8) is 0 Å². The summed E-state index contributed by atoms with van der Waals surface area (Å²) < 4.78 is 11.0. The van der Waals surface area contributed by atoms with Crippen LogP contribution in [-0.2, 0) is 14.3 Å². The molecule has 0 aliphatic heterocycles. The van der Waals surface area contributed by atoms with Gasteiger partial charge in [-0.1, -0.05) is 37.6 Å². The number of esters is 1. The van der Waals surface area contributed by atoms with Crippen molar-refractivity contribution in [3.05, 3.63) is 47.8 Å². The lowest BCUT2D eigenvalue weighted by molar-refractivity contribution is -0.150. The van der Waals surface area contributed by atoms with Crippen molar-refractivity contribution in [3.8, 4) is 0 Å². The number of allylic oxidation sites excluding steroid dienone is 3. The molecule has 6 nitrogen and oxygen atoms in total. The fourth-order valence-electron chi connectivity index (χ4n) is 7.95. The van der Waals surface area contributed by atoms with E-state index < -0.39 is 17.7 Å². The Morgan fingerprint density at radius 1 is 1.08 bits per heavy atom. The van der Waals surface area contributed by atoms with Crippen LogP contribution >= 0.6 is 0 Å². The van der Waals surface area contributed by atoms with E-state index in [1.54, 1.807) is 20.8 Å². The summed E-state index contributed by atoms with van der Waals surface area (Å²) >= 11 is 0. The molecule has 0 radical (unpaired) electrons. The lowest BCUT2D eigenvalue weighted by Crippen LogP contribution is -2.50. The molecule has 1 aromatic heterocycles. The van der Waals surface area contributed by atoms with E-state index >= 15 is 0 Å². The quantitative estimate of drug-likeness (QED) is 0.374. The highest BCUT2D eigenvalue weighted by Gasteiger charge is 2.57. The van der Waals surface area contributed by atoms with Crippen LogP contribution in [-0.4, -0.2) is 35.3 Å². The van der Waals surface area contributed by atoms with Gasteiger partial charge in [-0.3, -0.25) is 9.78 Å². The first-order valence-corrected chi connectivity index (χ1v) is 14.0. The second-order valence-corrected chi connectivity index (χ2v) is 13.0. The summed E-state index contributed by atoms with van der Waals surface area (Å²) in [5.74, 6) is 1.64. The number of nitrogens with zero attached hydrogens (tertiary/aromatic N) is 1. The maximum absolute atomic E-state index is 12.4. The van der Waals surface area contributed by atoms with Crippen LogP contribution < -0.4 is 5.32 Å². The van der Waals surface area contributed by atoms with Crippen molar-refractivity contribution < 1.29 is 19.1 Å². The lowest BCUT2D eigenvalue weighted by atomic mass is 9.47. The van der Waals surface area contributed by atoms with Crippen LogP contribution in [0, 0.1) is 28.6 Å². The Morgan fingerprint density at radius 2 is 1.86 bits per heavy atom. The van der Waals surface area contributed by atoms with Crippen LogP contribution in [0.3, 0.4) is 0 Å². The van der Waals surface area contributed by atoms with Gasteiger partial charge in [0, 0.05) is 18.8 Å². The Hall–Kier alpha value is -2.63. The van der Waals surface area contributed by atoms with Gasteiger partial charge < -0.3 is 14.8 Å². The summed E-state index contributed by atoms with van der Waals surface area (Å²) in [6, 6.07) is 4.26. The molecule has 0 unspecified atom stereocenters. The lowest BCUT2D eigenvalue weighted by Gasteiger charge is -2.57. The first kappa shape index (κ1) is 26.0. The van der Waals surface area contributed by atoms with Crippen LogP contribution in [0.1, 0.15) is 85.1 Å². The molecule has 5 rings (SSSR count). The molecule has 1 amide bonds. The summed E-state index contributed by atoms with van der Waals surface area (Å²) in [6.45, 7) is 10.2. The van der Waals surface area contributed by atoms with Gasteiger partial charge in [0.25, 0.3) is 0 Å². The number of carbonyl (C=O) groups is 2. The molecule has 200 valence electrons. The molecular weight excluding hydrogens is 464 g/mol. The van der Waals surface area contributed by atoms with Gasteiger partial charge in [0.15, 0.2) is 0 Å². The zero-order valence-corrected chi connectivity index (χ0v) is 23.0. The molecule has 37 heavy (non-hydrogen) atoms. The number of ether oxygens (including phenoxy) is 2. The smallest absolute Gasteiger partial charge is 0.408 e. The molecule has 6 heteroatoms. The second-order valence-electron chi connectivity index (χ2n) is 13.0. The number of nitrogens with one attached hydrogen (secondary N) is 1. The molecule has 2 fully saturated rings. The Kier molecular flexibility index (Phi) is 6.74. The van der Waals surface area contributed by atoms with Crippen molar-refractivity contribution in [1.29, 1.82) is 0 Å². The number of alkyl carbamates (subject to hydrolysis) is 1. The number of pyridine rings is 1. The van der Waals surface area contributed by atoms with Gasteiger partial charge in [-0.05, 0) is 105 Å². The average molecular weight is 507 g/mol. The van der Waals surface area contributed by atoms with Crippen LogP contribution in [0.15, 0.2) is 42.3 Å². The van der Waals surface area contributed by atoms with Gasteiger partial charge >= 0.3 is 12.1 Å². The number of hydrogen-bond donors (Lipinski definition) is 1. The van der Waals surface area contributed by atoms with Gasteiger partial charge in [-0.25, -0.2) is 4.79 Å². The van der Waals surface area contributed by atoms with Gasteiger partial charge in [-0.15, -0.1) is 0 Å². The zero-order chi connectivity index (χ0) is 26.4. The normalized spacial score (nSPS) is 34.7. The maximum Gasteiger partial charge on any atom is 0.408 e. The molecule has 1 heterocycles. The van der Waals surface area contributed by atoms with Crippen LogP contribution in [0.4, 0.5) is 4.79 Å². The number of carbonyl (C=O) groups excluding carboxylic acids is 2. The van der Waals surface area contributed by atoms with E-state index in [0.29, 0.717) is 17.8 Å². The number of fused-ring (bicyclic) bond motifs is 5. The Bertz CT molecular complexity index is 1100. The van der Waals surface area contributed by atoms with Crippen LogP contribution in [0.5, 0.6) is 0 Å². The van der Waals surface area contributed by atoms with E-state index in [2.05, 4.69) is 42.4 Å². The van der Waals surface area contributed by atoms with E-state index in [9.17, 15) is 9.59 Å². The SMILES string of the molecule is CC(C)(C)OC(=O)NCC(=O)O[C@H]1CC[C@@]2(C)C(=CC[C@@H]3[C@@H]2CC[C@]2(C)C(c4cccnc4)=CC[C@@H]32)C1. The molecule has 4 aliphatic rings. The van der Waals surface area contributed by atoms with Crippen molar-refractivity contribution in [2.75, 3.05) is 6.54 Å². The first-order chi connectivity index (χ1) is 17.5. The summed E-state index contributed by atoms with van der Waals surface area (Å²) in [5, 5.41) is 2.51. The monoisotopic (exact) mass is 506 g/mol. The minimum absolute atomic E-state index is 0.122. The summed E-state index contributed by atoms with van der Waals surface area (Å²) in [7, 11) is 0. The zero-order valence-electron chi connectivity index (χ0n) is 23.0. The maximum atomic E-state index is 12.4. The van der Waals surface area contributed by atoms with E-state index in [1.165, 1.54) is 29.6 Å². The van der Waals surface area contributed by atoms with Crippen molar-refractivity contribution in [1.82, 2.24) is 10.3 Å². The molecular formula is C31H42N2O4. The minimum Gasteiger partial charge on any atom is -0.461 e. The predicted octanol–water partition coefficient (Wildman–Crippen LogP) is 6.47. The van der Waals surface area contributed by atoms with Crippen molar-refractivity contribution >= 4 is 17.6 Å². The van der Waals surface area contributed by atoms with Gasteiger partial charge in [0.05, 0.1) is 0 Å². The van der Waals surface area contributed by atoms with Crippen LogP contribution in [0.25, 0.3) is 5.57 Å². The van der Waals surface area contributed by atoms with Gasteiger partial charge in [0.2, 0.25) is 0 Å². The van der Waals surface area contributed by atoms with Crippen LogP contribution in [0.2, 0.25) is 0 Å². The molecule has 2 saturated carbocycles. The molecule has 0 bridgehead atoms. The van der Waals surface area contributed by atoms with Crippen molar-refractivity contribution in [2.24, 2.45) is 28.6 Å². The molecule has 6 atom stereocenters. The largest absolute Gasteiger partial charge is 0.461 e. The highest BCUT2D eigenvalue weighted by molar-refractivity contribution is 5.78. The fourth-order valence-corrected chi connectivity index (χ4v) is 7.95. The number of rotatable bonds is 4. The third-order valence-electron chi connectivity index (χ3n) is 9.69. The van der Waals surface area contributed by atoms with Gasteiger partial charge in [-0.2, -0.15) is 0 Å². The molecule has 1 aromatic rings. The standard InChI is InChI=1S/C31H42N2O4/c1-29(2,3)37-28(35)33-19-27(34)36-22-12-14-30(4)21(17-22)8-9-23-25-11-10-24(20-7-6-16-32-18-20)31(25,5)15-13-26(23)30/h6-8,10,16,18,22-23,25-26H,9,11-15,17,19H2,1-5H3,(H,33,35)/t22-,23-,25-,26-,30-,31+/m0/s1. The molecule has 4 aliphatic carbocycles. The van der Waals surface area contributed by atoms with Crippen molar-refractivity contribution in [2.45, 2.75) is 91.3 Å². The highest BCUT2D eigenvalue weighted by atomic mass is 16.6. The highest BCUT2D eigenvalue weighted by Crippen LogP contribution is 2.66. The predicted molar refractivity (Wildman–Crippen MR) is 143 cm³/mol. The van der Waals surface area contributed by atoms with E-state index in [-0.39, 0.29) is 23.5 Å². The topological polar surface area (TPSA) is 77.5 Å². The fraction of sp³-hybridized carbons (Fsp3) is 0.645. The third kappa shape index (κ3) is 4.96. The Balaban J connectivity index is 1.22. The Labute approximate surface area is 221 Å². The minimum atomic E-state index is -0.599. The second kappa shape index (κ2) is 9.59. The number of hydrogen-bond acceptors (Lipinski definition) is 5. The average Bonchev–Trinajstić information content (AvgIpc) is 3.20. The molecule has 1 N–H and O–H groups in total. The van der Waals surface area contributed by atoms with E-state index in [1.807, 2.05) is 18.5 Å². The summed E-state index contributed by atoms with van der Waals surface area (Å²) in [5.41, 5.74) is 4.06. The number of aromatic nitrogens is 1. The summed E-state index contributed by atoms with van der Waals surface area (Å²) in [4.78, 5) is 28.7. The third-order valence-corrected chi connectivity index (χ3v) is 9.69. The van der Waals surface area contributed by atoms with E-state index in [4.69, 9.17) is 9.47 Å². The first-order valence-electron chi connectivity index (χ1n) is 14.0.